The molecule has 1 aliphatic rings. The highest BCUT2D eigenvalue weighted by molar-refractivity contribution is 6.31. The third-order valence-corrected chi connectivity index (χ3v) is 6.00. The first kappa shape index (κ1) is 22.6. The van der Waals surface area contributed by atoms with Crippen molar-refractivity contribution in [2.75, 3.05) is 6.54 Å². The Kier molecular flexibility index (Phi) is 6.78. The van der Waals surface area contributed by atoms with Crippen molar-refractivity contribution in [2.24, 2.45) is 20.8 Å². The second-order valence-electron chi connectivity index (χ2n) is 9.37. The molecule has 2 aromatic carbocycles. The molecule has 0 amide bonds. The molecule has 6 heteroatoms. The number of nitrogens with zero attached hydrogens (tertiary/aromatic N) is 2. The van der Waals surface area contributed by atoms with Crippen LogP contribution in [0.3, 0.4) is 0 Å². The standard InChI is InChI=1S/C24H28Cl2N2O2/c1-23(2)10-20(28-13-17-9-19(26)5-7-22(17)30)11-24(3,14-23)15-27-12-16-8-18(25)4-6-21(16)29/h4-9,12-13,20,29-30H,10-11,14-15H2,1-3H3/t20-,24-/m1/s1. The van der Waals surface area contributed by atoms with Crippen LogP contribution in [-0.2, 0) is 0 Å². The van der Waals surface area contributed by atoms with Gasteiger partial charge in [0.25, 0.3) is 0 Å². The molecule has 2 aromatic rings. The van der Waals surface area contributed by atoms with Gasteiger partial charge in [-0.15, -0.1) is 0 Å². The smallest absolute Gasteiger partial charge is 0.124 e. The van der Waals surface area contributed by atoms with Crippen molar-refractivity contribution < 1.29 is 10.2 Å². The summed E-state index contributed by atoms with van der Waals surface area (Å²) in [4.78, 5) is 9.42. The molecule has 160 valence electrons. The van der Waals surface area contributed by atoms with Gasteiger partial charge in [0.05, 0.1) is 6.04 Å². The van der Waals surface area contributed by atoms with Crippen LogP contribution in [0.2, 0.25) is 10.0 Å². The van der Waals surface area contributed by atoms with Crippen LogP contribution in [0, 0.1) is 10.8 Å². The Morgan fingerprint density at radius 2 is 1.50 bits per heavy atom. The van der Waals surface area contributed by atoms with Crippen LogP contribution in [0.4, 0.5) is 0 Å². The van der Waals surface area contributed by atoms with E-state index >= 15 is 0 Å². The number of phenolic OH excluding ortho intramolecular Hbond substituents is 2. The fraction of sp³-hybridized carbons (Fsp3) is 0.417. The van der Waals surface area contributed by atoms with Crippen LogP contribution in [0.5, 0.6) is 11.5 Å². The summed E-state index contributed by atoms with van der Waals surface area (Å²) in [5, 5.41) is 21.2. The van der Waals surface area contributed by atoms with Gasteiger partial charge in [-0.2, -0.15) is 0 Å². The second-order valence-corrected chi connectivity index (χ2v) is 10.2. The average Bonchev–Trinajstić information content (AvgIpc) is 2.63. The van der Waals surface area contributed by atoms with Crippen molar-refractivity contribution in [3.05, 3.63) is 57.6 Å². The molecule has 0 aliphatic heterocycles. The number of hydrogen-bond donors (Lipinski definition) is 2. The van der Waals surface area contributed by atoms with Gasteiger partial charge in [-0.05, 0) is 66.5 Å². The van der Waals surface area contributed by atoms with E-state index in [4.69, 9.17) is 28.2 Å². The molecule has 0 aromatic heterocycles. The molecule has 0 radical (unpaired) electrons. The molecule has 4 nitrogen and oxygen atoms in total. The maximum atomic E-state index is 10.0. The number of halogens is 2. The summed E-state index contributed by atoms with van der Waals surface area (Å²) in [6.07, 6.45) is 6.32. The molecule has 1 saturated carbocycles. The van der Waals surface area contributed by atoms with Crippen LogP contribution in [0.15, 0.2) is 46.4 Å². The third-order valence-electron chi connectivity index (χ3n) is 5.53. The molecule has 0 unspecified atom stereocenters. The number of hydrogen-bond acceptors (Lipinski definition) is 4. The average molecular weight is 447 g/mol. The molecule has 1 fully saturated rings. The van der Waals surface area contributed by atoms with Crippen LogP contribution in [0.25, 0.3) is 0 Å². The van der Waals surface area contributed by atoms with E-state index in [1.807, 2.05) is 0 Å². The Labute approximate surface area is 188 Å². The molecule has 0 spiro atoms. The molecular formula is C24H28Cl2N2O2. The highest BCUT2D eigenvalue weighted by atomic mass is 35.5. The minimum Gasteiger partial charge on any atom is -0.507 e. The van der Waals surface area contributed by atoms with Gasteiger partial charge in [0.15, 0.2) is 0 Å². The zero-order chi connectivity index (χ0) is 21.9. The normalized spacial score (nSPS) is 24.0. The summed E-state index contributed by atoms with van der Waals surface area (Å²) in [6.45, 7) is 7.39. The Morgan fingerprint density at radius 3 is 2.10 bits per heavy atom. The third kappa shape index (κ3) is 5.99. The monoisotopic (exact) mass is 446 g/mol. The van der Waals surface area contributed by atoms with Gasteiger partial charge in [0.2, 0.25) is 0 Å². The number of benzene rings is 2. The Bertz CT molecular complexity index is 972. The minimum atomic E-state index is -0.0230. The Hall–Kier alpha value is -2.04. The highest BCUT2D eigenvalue weighted by Gasteiger charge is 2.40. The highest BCUT2D eigenvalue weighted by Crippen LogP contribution is 2.47. The van der Waals surface area contributed by atoms with E-state index in [1.165, 1.54) is 0 Å². The number of aromatic hydroxyl groups is 2. The van der Waals surface area contributed by atoms with Crippen molar-refractivity contribution >= 4 is 35.6 Å². The van der Waals surface area contributed by atoms with Gasteiger partial charge in [0.1, 0.15) is 11.5 Å². The van der Waals surface area contributed by atoms with Gasteiger partial charge in [0, 0.05) is 40.1 Å². The van der Waals surface area contributed by atoms with Gasteiger partial charge in [-0.25, -0.2) is 0 Å². The minimum absolute atomic E-state index is 0.0230. The van der Waals surface area contributed by atoms with Crippen LogP contribution in [-0.4, -0.2) is 35.2 Å². The van der Waals surface area contributed by atoms with Crippen LogP contribution >= 0.6 is 23.2 Å². The molecule has 2 N–H and O–H groups in total. The lowest BCUT2D eigenvalue weighted by molar-refractivity contribution is 0.0918. The van der Waals surface area contributed by atoms with E-state index in [2.05, 4.69) is 25.8 Å². The van der Waals surface area contributed by atoms with Crippen molar-refractivity contribution in [3.8, 4) is 11.5 Å². The molecule has 30 heavy (non-hydrogen) atoms. The molecule has 0 saturated heterocycles. The maximum Gasteiger partial charge on any atom is 0.124 e. The first-order valence-electron chi connectivity index (χ1n) is 10.1. The van der Waals surface area contributed by atoms with Crippen LogP contribution < -0.4 is 0 Å². The molecule has 1 aliphatic carbocycles. The lowest BCUT2D eigenvalue weighted by atomic mass is 9.63. The molecule has 2 atom stereocenters. The van der Waals surface area contributed by atoms with E-state index in [1.54, 1.807) is 48.8 Å². The van der Waals surface area contributed by atoms with Crippen molar-refractivity contribution in [3.63, 3.8) is 0 Å². The number of aliphatic imine (C=N–C) groups is 2. The van der Waals surface area contributed by atoms with Gasteiger partial charge < -0.3 is 10.2 Å². The SMILES string of the molecule is CC1(C)C[C@@H](N=Cc2cc(Cl)ccc2O)C[C@@](C)(CN=Cc2cc(Cl)ccc2O)C1. The Morgan fingerprint density at radius 1 is 0.933 bits per heavy atom. The predicted molar refractivity (Wildman–Crippen MR) is 126 cm³/mol. The van der Waals surface area contributed by atoms with E-state index in [0.29, 0.717) is 27.7 Å². The lowest BCUT2D eigenvalue weighted by Crippen LogP contribution is -2.39. The number of rotatable bonds is 5. The quantitative estimate of drug-likeness (QED) is 0.512. The Balaban J connectivity index is 1.74. The van der Waals surface area contributed by atoms with Gasteiger partial charge in [-0.1, -0.05) is 44.0 Å². The van der Waals surface area contributed by atoms with Gasteiger partial charge in [-0.3, -0.25) is 9.98 Å². The summed E-state index contributed by atoms with van der Waals surface area (Å²) in [5.74, 6) is 0.341. The second kappa shape index (κ2) is 8.99. The summed E-state index contributed by atoms with van der Waals surface area (Å²) < 4.78 is 0. The van der Waals surface area contributed by atoms with Crippen LogP contribution in [0.1, 0.15) is 51.2 Å². The van der Waals surface area contributed by atoms with Crippen molar-refractivity contribution in [1.82, 2.24) is 0 Å². The molecule has 0 bridgehead atoms. The summed E-state index contributed by atoms with van der Waals surface area (Å²) in [7, 11) is 0. The van der Waals surface area contributed by atoms with E-state index in [0.717, 1.165) is 19.3 Å². The molecule has 0 heterocycles. The van der Waals surface area contributed by atoms with E-state index in [9.17, 15) is 10.2 Å². The summed E-state index contributed by atoms with van der Waals surface area (Å²) in [5.41, 5.74) is 1.35. The fourth-order valence-electron chi connectivity index (χ4n) is 4.61. The lowest BCUT2D eigenvalue weighted by Gasteiger charge is -2.45. The number of phenols is 2. The van der Waals surface area contributed by atoms with E-state index in [-0.39, 0.29) is 28.4 Å². The maximum absolute atomic E-state index is 10.0. The topological polar surface area (TPSA) is 65.2 Å². The first-order chi connectivity index (χ1) is 14.1. The first-order valence-corrected chi connectivity index (χ1v) is 10.8. The summed E-state index contributed by atoms with van der Waals surface area (Å²) >= 11 is 12.1. The largest absolute Gasteiger partial charge is 0.507 e. The van der Waals surface area contributed by atoms with E-state index < -0.39 is 0 Å². The van der Waals surface area contributed by atoms with Crippen molar-refractivity contribution in [1.29, 1.82) is 0 Å². The summed E-state index contributed by atoms with van der Waals surface area (Å²) in [6, 6.07) is 10.0. The molecular weight excluding hydrogens is 419 g/mol. The zero-order valence-corrected chi connectivity index (χ0v) is 19.1. The molecule has 3 rings (SSSR count). The van der Waals surface area contributed by atoms with Crippen molar-refractivity contribution in [2.45, 2.75) is 46.1 Å². The van der Waals surface area contributed by atoms with Gasteiger partial charge >= 0.3 is 0 Å². The fourth-order valence-corrected chi connectivity index (χ4v) is 4.97. The predicted octanol–water partition coefficient (Wildman–Crippen LogP) is 6.53. The zero-order valence-electron chi connectivity index (χ0n) is 17.6.